The Bertz CT molecular complexity index is 1290. The normalized spacial score (nSPS) is 12.0. The maximum absolute atomic E-state index is 13.6. The molecule has 1 amide bonds. The number of hydrogen-bond donors (Lipinski definition) is 0. The molecule has 196 valence electrons. The van der Waals surface area contributed by atoms with Gasteiger partial charge in [0.05, 0.1) is 21.7 Å². The average molecular weight is 553 g/mol. The minimum absolute atomic E-state index is 0.160. The van der Waals surface area contributed by atoms with Crippen LogP contribution < -0.4 is 9.64 Å². The number of thiazole rings is 1. The molecule has 3 rings (SSSR count). The lowest BCUT2D eigenvalue weighted by Gasteiger charge is -2.21. The quantitative estimate of drug-likeness (QED) is 0.315. The van der Waals surface area contributed by atoms with E-state index in [1.54, 1.807) is 43.3 Å². The van der Waals surface area contributed by atoms with Gasteiger partial charge in [0.2, 0.25) is 10.0 Å². The van der Waals surface area contributed by atoms with Crippen LogP contribution >= 0.6 is 22.9 Å². The molecule has 0 saturated heterocycles. The summed E-state index contributed by atoms with van der Waals surface area (Å²) in [5.41, 5.74) is 0.985. The van der Waals surface area contributed by atoms with Gasteiger partial charge in [-0.3, -0.25) is 9.69 Å². The number of carbonyl (C=O) groups excluding carboxylic acids is 1. The van der Waals surface area contributed by atoms with Crippen molar-refractivity contribution in [2.75, 3.05) is 52.8 Å². The number of sulfonamides is 1. The summed E-state index contributed by atoms with van der Waals surface area (Å²) >= 11 is 7.74. The van der Waals surface area contributed by atoms with Gasteiger partial charge in [0, 0.05) is 25.7 Å². The summed E-state index contributed by atoms with van der Waals surface area (Å²) in [6.45, 7) is 3.69. The van der Waals surface area contributed by atoms with Gasteiger partial charge in [-0.05, 0) is 69.9 Å². The largest absolute Gasteiger partial charge is 0.494 e. The number of carbonyl (C=O) groups is 1. The van der Waals surface area contributed by atoms with E-state index in [9.17, 15) is 13.2 Å². The molecule has 8 nitrogen and oxygen atoms in total. The Labute approximate surface area is 222 Å². The van der Waals surface area contributed by atoms with E-state index >= 15 is 0 Å². The Kier molecular flexibility index (Phi) is 9.71. The number of nitrogens with zero attached hydrogens (tertiary/aromatic N) is 4. The summed E-state index contributed by atoms with van der Waals surface area (Å²) in [4.78, 5) is 22.2. The summed E-state index contributed by atoms with van der Waals surface area (Å²) in [7, 11) is 3.48. The van der Waals surface area contributed by atoms with Crippen LogP contribution in [0.15, 0.2) is 41.3 Å². The van der Waals surface area contributed by atoms with Crippen molar-refractivity contribution in [3.63, 3.8) is 0 Å². The summed E-state index contributed by atoms with van der Waals surface area (Å²) in [6, 6.07) is 9.59. The molecule has 0 saturated carbocycles. The van der Waals surface area contributed by atoms with E-state index in [0.29, 0.717) is 40.1 Å². The molecule has 0 N–H and O–H groups in total. The van der Waals surface area contributed by atoms with E-state index in [1.807, 2.05) is 21.0 Å². The molecule has 0 bridgehead atoms. The van der Waals surface area contributed by atoms with Gasteiger partial charge in [-0.15, -0.1) is 0 Å². The SMILES string of the molecule is CCCCN(C)S(=O)(=O)c1ccc(C(=O)N(CCCN(C)C)c2nc3c(OC)ccc(Cl)c3s2)cc1. The Morgan fingerprint density at radius 2 is 1.72 bits per heavy atom. The smallest absolute Gasteiger partial charge is 0.260 e. The van der Waals surface area contributed by atoms with Gasteiger partial charge in [0.15, 0.2) is 5.13 Å². The number of benzene rings is 2. The molecular weight excluding hydrogens is 520 g/mol. The number of fused-ring (bicyclic) bond motifs is 1. The van der Waals surface area contributed by atoms with Crippen molar-refractivity contribution < 1.29 is 17.9 Å². The van der Waals surface area contributed by atoms with E-state index in [1.165, 1.54) is 27.8 Å². The van der Waals surface area contributed by atoms with Crippen LogP contribution in [0.3, 0.4) is 0 Å². The van der Waals surface area contributed by atoms with Crippen LogP contribution in [0.4, 0.5) is 5.13 Å². The topological polar surface area (TPSA) is 83.1 Å². The fourth-order valence-corrected chi connectivity index (χ4v) is 6.15. The van der Waals surface area contributed by atoms with E-state index in [0.717, 1.165) is 30.5 Å². The second kappa shape index (κ2) is 12.3. The van der Waals surface area contributed by atoms with Crippen molar-refractivity contribution >= 4 is 54.2 Å². The molecule has 1 aromatic heterocycles. The summed E-state index contributed by atoms with van der Waals surface area (Å²) in [5.74, 6) is 0.325. The molecule has 0 fully saturated rings. The van der Waals surface area contributed by atoms with Crippen LogP contribution in [0.5, 0.6) is 5.75 Å². The van der Waals surface area contributed by atoms with Gasteiger partial charge in [-0.1, -0.05) is 36.3 Å². The number of amides is 1. The first-order valence-corrected chi connectivity index (χ1v) is 14.4. The molecule has 1 heterocycles. The highest BCUT2D eigenvalue weighted by atomic mass is 35.5. The lowest BCUT2D eigenvalue weighted by molar-refractivity contribution is 0.0986. The van der Waals surface area contributed by atoms with Crippen LogP contribution in [0.25, 0.3) is 10.2 Å². The molecule has 0 aliphatic carbocycles. The van der Waals surface area contributed by atoms with Crippen LogP contribution in [0, 0.1) is 0 Å². The minimum Gasteiger partial charge on any atom is -0.494 e. The molecule has 0 aliphatic rings. The molecule has 11 heteroatoms. The van der Waals surface area contributed by atoms with Crippen molar-refractivity contribution in [2.24, 2.45) is 0 Å². The number of halogens is 1. The van der Waals surface area contributed by atoms with E-state index in [2.05, 4.69) is 4.90 Å². The third-order valence-electron chi connectivity index (χ3n) is 5.77. The molecule has 36 heavy (non-hydrogen) atoms. The number of aromatic nitrogens is 1. The van der Waals surface area contributed by atoms with Crippen LogP contribution in [0.2, 0.25) is 5.02 Å². The standard InChI is InChI=1S/C25H33ClN4O4S2/c1-6-7-16-29(4)36(32,33)19-11-9-18(10-12-19)24(31)30(17-8-15-28(2)3)25-27-22-21(34-5)14-13-20(26)23(22)35-25/h9-14H,6-8,15-17H2,1-5H3. The maximum Gasteiger partial charge on any atom is 0.260 e. The number of anilines is 1. The number of ether oxygens (including phenoxy) is 1. The number of hydrogen-bond acceptors (Lipinski definition) is 7. The van der Waals surface area contributed by atoms with Gasteiger partial charge in [0.25, 0.3) is 5.91 Å². The lowest BCUT2D eigenvalue weighted by atomic mass is 10.2. The Balaban J connectivity index is 1.94. The van der Waals surface area contributed by atoms with Gasteiger partial charge in [-0.25, -0.2) is 17.7 Å². The Morgan fingerprint density at radius 1 is 1.03 bits per heavy atom. The average Bonchev–Trinajstić information content (AvgIpc) is 3.31. The fourth-order valence-electron chi connectivity index (χ4n) is 3.66. The minimum atomic E-state index is -3.62. The van der Waals surface area contributed by atoms with Crippen molar-refractivity contribution in [3.8, 4) is 5.75 Å². The van der Waals surface area contributed by atoms with Crippen molar-refractivity contribution in [3.05, 3.63) is 47.0 Å². The first kappa shape index (κ1) is 28.3. The Hall–Kier alpha value is -2.24. The van der Waals surface area contributed by atoms with Gasteiger partial charge < -0.3 is 9.64 Å². The zero-order valence-electron chi connectivity index (χ0n) is 21.3. The van der Waals surface area contributed by atoms with Crippen molar-refractivity contribution in [1.29, 1.82) is 0 Å². The van der Waals surface area contributed by atoms with Gasteiger partial charge in [0.1, 0.15) is 11.3 Å². The predicted molar refractivity (Wildman–Crippen MR) is 147 cm³/mol. The zero-order chi connectivity index (χ0) is 26.5. The van der Waals surface area contributed by atoms with Crippen LogP contribution in [-0.4, -0.2) is 76.4 Å². The first-order chi connectivity index (χ1) is 17.1. The molecule has 0 spiro atoms. The highest BCUT2D eigenvalue weighted by Gasteiger charge is 2.25. The van der Waals surface area contributed by atoms with Gasteiger partial charge in [-0.2, -0.15) is 0 Å². The van der Waals surface area contributed by atoms with Crippen LogP contribution in [0.1, 0.15) is 36.5 Å². The zero-order valence-corrected chi connectivity index (χ0v) is 23.7. The van der Waals surface area contributed by atoms with E-state index in [-0.39, 0.29) is 10.8 Å². The highest BCUT2D eigenvalue weighted by molar-refractivity contribution is 7.89. The number of rotatable bonds is 12. The third kappa shape index (κ3) is 6.36. The van der Waals surface area contributed by atoms with Crippen molar-refractivity contribution in [2.45, 2.75) is 31.1 Å². The van der Waals surface area contributed by atoms with Crippen molar-refractivity contribution in [1.82, 2.24) is 14.2 Å². The maximum atomic E-state index is 13.6. The molecular formula is C25H33ClN4O4S2. The van der Waals surface area contributed by atoms with Gasteiger partial charge >= 0.3 is 0 Å². The van der Waals surface area contributed by atoms with E-state index < -0.39 is 10.0 Å². The highest BCUT2D eigenvalue weighted by Crippen LogP contribution is 2.39. The summed E-state index contributed by atoms with van der Waals surface area (Å²) in [6.07, 6.45) is 2.42. The molecule has 0 aliphatic heterocycles. The fraction of sp³-hybridized carbons (Fsp3) is 0.440. The van der Waals surface area contributed by atoms with E-state index in [4.69, 9.17) is 21.3 Å². The predicted octanol–water partition coefficient (Wildman–Crippen LogP) is 4.98. The summed E-state index contributed by atoms with van der Waals surface area (Å²) in [5, 5.41) is 1.05. The number of unbranched alkanes of at least 4 members (excludes halogenated alkanes) is 1. The third-order valence-corrected chi connectivity index (χ3v) is 9.18. The summed E-state index contributed by atoms with van der Waals surface area (Å²) < 4.78 is 33.3. The molecule has 0 radical (unpaired) electrons. The second-order valence-electron chi connectivity index (χ2n) is 8.74. The molecule has 3 aromatic rings. The first-order valence-electron chi connectivity index (χ1n) is 11.8. The Morgan fingerprint density at radius 3 is 2.33 bits per heavy atom. The molecule has 0 atom stereocenters. The second-order valence-corrected chi connectivity index (χ2v) is 12.2. The number of methoxy groups -OCH3 is 1. The lowest BCUT2D eigenvalue weighted by Crippen LogP contribution is -2.33. The molecule has 0 unspecified atom stereocenters. The van der Waals surface area contributed by atoms with Crippen LogP contribution in [-0.2, 0) is 10.0 Å². The monoisotopic (exact) mass is 552 g/mol. The molecule has 2 aromatic carbocycles.